The molecule has 2 aromatic rings. The second kappa shape index (κ2) is 6.58. The Morgan fingerprint density at radius 1 is 1.50 bits per heavy atom. The van der Waals surface area contributed by atoms with Crippen LogP contribution in [0.5, 0.6) is 0 Å². The van der Waals surface area contributed by atoms with Crippen LogP contribution in [0.25, 0.3) is 0 Å². The number of carbonyl (C=O) groups is 1. The van der Waals surface area contributed by atoms with Gasteiger partial charge in [0.2, 0.25) is 0 Å². The van der Waals surface area contributed by atoms with Crippen molar-refractivity contribution in [3.8, 4) is 0 Å². The minimum absolute atomic E-state index is 0.0821. The Bertz CT molecular complexity index is 568. The van der Waals surface area contributed by atoms with Gasteiger partial charge in [-0.05, 0) is 26.0 Å². The molecule has 1 amide bonds. The van der Waals surface area contributed by atoms with E-state index in [1.807, 2.05) is 32.0 Å². The van der Waals surface area contributed by atoms with Crippen LogP contribution < -0.4 is 5.73 Å². The molecule has 0 bridgehead atoms. The van der Waals surface area contributed by atoms with Gasteiger partial charge in [0.1, 0.15) is 10.7 Å². The highest BCUT2D eigenvalue weighted by atomic mass is 32.1. The van der Waals surface area contributed by atoms with Gasteiger partial charge in [-0.25, -0.2) is 4.98 Å². The summed E-state index contributed by atoms with van der Waals surface area (Å²) in [4.78, 5) is 22.7. The molecule has 0 radical (unpaired) electrons. The molecule has 20 heavy (non-hydrogen) atoms. The monoisotopic (exact) mass is 290 g/mol. The van der Waals surface area contributed by atoms with Crippen molar-refractivity contribution in [1.82, 2.24) is 14.9 Å². The van der Waals surface area contributed by atoms with Crippen LogP contribution in [0.15, 0.2) is 29.8 Å². The van der Waals surface area contributed by atoms with Crippen molar-refractivity contribution < 1.29 is 4.79 Å². The summed E-state index contributed by atoms with van der Waals surface area (Å²) in [6.07, 6.45) is 1.73. The molecule has 2 rings (SSSR count). The van der Waals surface area contributed by atoms with E-state index in [2.05, 4.69) is 9.97 Å². The normalized spacial score (nSPS) is 12.2. The van der Waals surface area contributed by atoms with E-state index in [0.717, 1.165) is 10.7 Å². The molecular formula is C14H18N4OS. The number of rotatable bonds is 5. The average Bonchev–Trinajstić information content (AvgIpc) is 2.95. The highest BCUT2D eigenvalue weighted by Gasteiger charge is 2.18. The summed E-state index contributed by atoms with van der Waals surface area (Å²) in [5.41, 5.74) is 7.10. The molecule has 1 unspecified atom stereocenters. The molecule has 5 nitrogen and oxygen atoms in total. The van der Waals surface area contributed by atoms with Crippen molar-refractivity contribution in [2.75, 3.05) is 6.54 Å². The van der Waals surface area contributed by atoms with Gasteiger partial charge >= 0.3 is 0 Å². The Labute approximate surface area is 122 Å². The largest absolute Gasteiger partial charge is 0.332 e. The predicted octanol–water partition coefficient (Wildman–Crippen LogP) is 2.22. The van der Waals surface area contributed by atoms with Crippen LogP contribution in [0.3, 0.4) is 0 Å². The highest BCUT2D eigenvalue weighted by Crippen LogP contribution is 2.17. The van der Waals surface area contributed by atoms with E-state index in [1.165, 1.54) is 11.3 Å². The Balaban J connectivity index is 2.12. The van der Waals surface area contributed by atoms with Crippen LogP contribution in [-0.2, 0) is 6.54 Å². The van der Waals surface area contributed by atoms with E-state index in [1.54, 1.807) is 16.5 Å². The van der Waals surface area contributed by atoms with Gasteiger partial charge in [0, 0.05) is 18.1 Å². The van der Waals surface area contributed by atoms with Crippen molar-refractivity contribution >= 4 is 17.2 Å². The molecule has 6 heteroatoms. The maximum Gasteiger partial charge on any atom is 0.273 e. The molecule has 0 aliphatic heterocycles. The zero-order valence-corrected chi connectivity index (χ0v) is 12.4. The van der Waals surface area contributed by atoms with Crippen LogP contribution in [0.4, 0.5) is 0 Å². The van der Waals surface area contributed by atoms with Crippen LogP contribution in [-0.4, -0.2) is 27.3 Å². The standard InChI is InChI=1S/C14H18N4OS/c1-3-18(8-11-6-4-5-7-16-11)14(19)12-9-20-13(17-12)10(2)15/h4-7,9-10H,3,8,15H2,1-2H3. The number of hydrogen-bond donors (Lipinski definition) is 1. The first-order valence-corrected chi connectivity index (χ1v) is 7.40. The fourth-order valence-electron chi connectivity index (χ4n) is 1.77. The van der Waals surface area contributed by atoms with Gasteiger partial charge in [0.25, 0.3) is 5.91 Å². The molecule has 0 saturated heterocycles. The fraction of sp³-hybridized carbons (Fsp3) is 0.357. The molecular weight excluding hydrogens is 272 g/mol. The summed E-state index contributed by atoms with van der Waals surface area (Å²) in [5, 5.41) is 2.55. The fourth-order valence-corrected chi connectivity index (χ4v) is 2.52. The Morgan fingerprint density at radius 3 is 2.85 bits per heavy atom. The molecule has 0 fully saturated rings. The Hall–Kier alpha value is -1.79. The maximum atomic E-state index is 12.4. The minimum atomic E-state index is -0.146. The number of pyridine rings is 1. The van der Waals surface area contributed by atoms with Crippen molar-refractivity contribution in [2.24, 2.45) is 5.73 Å². The molecule has 0 aliphatic rings. The first-order chi connectivity index (χ1) is 9.61. The molecule has 1 atom stereocenters. The molecule has 0 aromatic carbocycles. The number of aromatic nitrogens is 2. The topological polar surface area (TPSA) is 72.1 Å². The zero-order valence-electron chi connectivity index (χ0n) is 11.6. The first kappa shape index (κ1) is 14.6. The lowest BCUT2D eigenvalue weighted by Crippen LogP contribution is -2.31. The summed E-state index contributed by atoms with van der Waals surface area (Å²) < 4.78 is 0. The zero-order chi connectivity index (χ0) is 14.5. The number of amides is 1. The number of carbonyl (C=O) groups excluding carboxylic acids is 1. The second-order valence-corrected chi connectivity index (χ2v) is 5.39. The third-order valence-corrected chi connectivity index (χ3v) is 3.92. The summed E-state index contributed by atoms with van der Waals surface area (Å²) in [6.45, 7) is 4.90. The maximum absolute atomic E-state index is 12.4. The lowest BCUT2D eigenvalue weighted by Gasteiger charge is -2.19. The van der Waals surface area contributed by atoms with E-state index in [0.29, 0.717) is 18.8 Å². The van der Waals surface area contributed by atoms with E-state index in [4.69, 9.17) is 5.73 Å². The van der Waals surface area contributed by atoms with Gasteiger partial charge < -0.3 is 10.6 Å². The quantitative estimate of drug-likeness (QED) is 0.916. The van der Waals surface area contributed by atoms with E-state index >= 15 is 0 Å². The lowest BCUT2D eigenvalue weighted by atomic mass is 10.3. The summed E-state index contributed by atoms with van der Waals surface area (Å²) in [6, 6.07) is 5.53. The van der Waals surface area contributed by atoms with Crippen LogP contribution in [0.1, 0.15) is 41.1 Å². The molecule has 0 aliphatic carbocycles. The van der Waals surface area contributed by atoms with Gasteiger partial charge in [-0.2, -0.15) is 0 Å². The second-order valence-electron chi connectivity index (χ2n) is 4.50. The SMILES string of the molecule is CCN(Cc1ccccn1)C(=O)c1csc(C(C)N)n1. The molecule has 2 aromatic heterocycles. The smallest absolute Gasteiger partial charge is 0.273 e. The Kier molecular flexibility index (Phi) is 4.81. The van der Waals surface area contributed by atoms with Gasteiger partial charge in [-0.3, -0.25) is 9.78 Å². The van der Waals surface area contributed by atoms with Crippen LogP contribution >= 0.6 is 11.3 Å². The van der Waals surface area contributed by atoms with E-state index in [9.17, 15) is 4.79 Å². The molecule has 2 heterocycles. The summed E-state index contributed by atoms with van der Waals surface area (Å²) in [5.74, 6) is -0.0821. The number of hydrogen-bond acceptors (Lipinski definition) is 5. The third-order valence-electron chi connectivity index (χ3n) is 2.88. The predicted molar refractivity (Wildman–Crippen MR) is 79.4 cm³/mol. The van der Waals surface area contributed by atoms with Crippen LogP contribution in [0.2, 0.25) is 0 Å². The van der Waals surface area contributed by atoms with Crippen LogP contribution in [0, 0.1) is 0 Å². The van der Waals surface area contributed by atoms with Crippen molar-refractivity contribution in [3.05, 3.63) is 46.2 Å². The lowest BCUT2D eigenvalue weighted by molar-refractivity contribution is 0.0745. The first-order valence-electron chi connectivity index (χ1n) is 6.52. The van der Waals surface area contributed by atoms with E-state index in [-0.39, 0.29) is 11.9 Å². The van der Waals surface area contributed by atoms with Crippen molar-refractivity contribution in [2.45, 2.75) is 26.4 Å². The minimum Gasteiger partial charge on any atom is -0.332 e. The van der Waals surface area contributed by atoms with Crippen molar-refractivity contribution in [1.29, 1.82) is 0 Å². The number of thiazole rings is 1. The van der Waals surface area contributed by atoms with Gasteiger partial charge in [0.05, 0.1) is 18.3 Å². The van der Waals surface area contributed by atoms with Gasteiger partial charge in [-0.1, -0.05) is 6.07 Å². The molecule has 106 valence electrons. The van der Waals surface area contributed by atoms with Crippen molar-refractivity contribution in [3.63, 3.8) is 0 Å². The van der Waals surface area contributed by atoms with Gasteiger partial charge in [-0.15, -0.1) is 11.3 Å². The summed E-state index contributed by atoms with van der Waals surface area (Å²) in [7, 11) is 0. The summed E-state index contributed by atoms with van der Waals surface area (Å²) >= 11 is 1.42. The number of nitrogens with zero attached hydrogens (tertiary/aromatic N) is 3. The van der Waals surface area contributed by atoms with E-state index < -0.39 is 0 Å². The Morgan fingerprint density at radius 2 is 2.30 bits per heavy atom. The average molecular weight is 290 g/mol. The highest BCUT2D eigenvalue weighted by molar-refractivity contribution is 7.09. The number of nitrogens with two attached hydrogens (primary N) is 1. The molecule has 0 spiro atoms. The molecule has 2 N–H and O–H groups in total. The van der Waals surface area contributed by atoms with Gasteiger partial charge in [0.15, 0.2) is 0 Å². The molecule has 0 saturated carbocycles. The third kappa shape index (κ3) is 3.40.